The van der Waals surface area contributed by atoms with Gasteiger partial charge in [0.25, 0.3) is 0 Å². The molecule has 0 saturated carbocycles. The van der Waals surface area contributed by atoms with Gasteiger partial charge in [-0.2, -0.15) is 0 Å². The van der Waals surface area contributed by atoms with Gasteiger partial charge in [-0.25, -0.2) is 0 Å². The number of nitrogens with zero attached hydrogens (tertiary/aromatic N) is 1. The molecule has 0 amide bonds. The van der Waals surface area contributed by atoms with Crippen LogP contribution in [0.15, 0.2) is 35.3 Å². The molecule has 0 saturated heterocycles. The van der Waals surface area contributed by atoms with Crippen LogP contribution in [0, 0.1) is 6.07 Å². The Morgan fingerprint density at radius 2 is 2.13 bits per heavy atom. The monoisotopic (exact) mass is 202 g/mol. The minimum atomic E-state index is -0.947. The number of pyridine rings is 1. The van der Waals surface area contributed by atoms with Gasteiger partial charge in [0.2, 0.25) is 0 Å². The summed E-state index contributed by atoms with van der Waals surface area (Å²) in [6, 6.07) is 9.37. The second kappa shape index (κ2) is 3.57. The van der Waals surface area contributed by atoms with Gasteiger partial charge < -0.3 is 9.67 Å². The number of hydrogen-bond acceptors (Lipinski definition) is 2. The summed E-state index contributed by atoms with van der Waals surface area (Å²) < 4.78 is 1.49. The molecule has 15 heavy (non-hydrogen) atoms. The van der Waals surface area contributed by atoms with Crippen LogP contribution >= 0.6 is 0 Å². The number of para-hydroxylation sites is 1. The first-order valence-corrected chi connectivity index (χ1v) is 4.40. The fourth-order valence-corrected chi connectivity index (χ4v) is 1.48. The predicted molar refractivity (Wildman–Crippen MR) is 54.7 cm³/mol. The average Bonchev–Trinajstić information content (AvgIpc) is 2.22. The number of aromatic nitrogens is 1. The molecule has 4 heteroatoms. The maximum absolute atomic E-state index is 11.4. The third-order valence-corrected chi connectivity index (χ3v) is 2.12. The fraction of sp³-hybridized carbons (Fsp3) is 0.0909. The zero-order valence-electron chi connectivity index (χ0n) is 7.80. The molecule has 0 unspecified atom stereocenters. The molecule has 0 aliphatic heterocycles. The van der Waals surface area contributed by atoms with Crippen LogP contribution in [0.5, 0.6) is 0 Å². The molecule has 75 valence electrons. The van der Waals surface area contributed by atoms with Crippen LogP contribution < -0.4 is 5.43 Å². The first kappa shape index (κ1) is 9.45. The summed E-state index contributed by atoms with van der Waals surface area (Å²) in [6.07, 6.45) is 1.37. The van der Waals surface area contributed by atoms with Crippen molar-refractivity contribution in [1.29, 1.82) is 0 Å². The van der Waals surface area contributed by atoms with Gasteiger partial charge in [-0.15, -0.1) is 0 Å². The molecule has 4 nitrogen and oxygen atoms in total. The molecule has 1 aromatic heterocycles. The van der Waals surface area contributed by atoms with E-state index in [1.54, 1.807) is 24.3 Å². The minimum Gasteiger partial charge on any atom is -0.480 e. The van der Waals surface area contributed by atoms with Crippen molar-refractivity contribution in [3.05, 3.63) is 46.8 Å². The van der Waals surface area contributed by atoms with Crippen LogP contribution in [0.3, 0.4) is 0 Å². The quantitative estimate of drug-likeness (QED) is 0.786. The average molecular weight is 202 g/mol. The lowest BCUT2D eigenvalue weighted by molar-refractivity contribution is -0.137. The third-order valence-electron chi connectivity index (χ3n) is 2.12. The minimum absolute atomic E-state index is 0.169. The van der Waals surface area contributed by atoms with E-state index in [0.29, 0.717) is 10.9 Å². The Kier molecular flexibility index (Phi) is 2.25. The van der Waals surface area contributed by atoms with E-state index >= 15 is 0 Å². The van der Waals surface area contributed by atoms with E-state index in [1.165, 1.54) is 10.8 Å². The predicted octanol–water partition coefficient (Wildman–Crippen LogP) is 0.886. The number of hydrogen-bond donors (Lipinski definition) is 1. The molecule has 2 rings (SSSR count). The van der Waals surface area contributed by atoms with E-state index in [1.807, 2.05) is 0 Å². The van der Waals surface area contributed by atoms with Crippen molar-refractivity contribution in [3.63, 3.8) is 0 Å². The molecular weight excluding hydrogens is 194 g/mol. The highest BCUT2D eigenvalue weighted by atomic mass is 16.4. The van der Waals surface area contributed by atoms with Crippen molar-refractivity contribution in [2.75, 3.05) is 0 Å². The van der Waals surface area contributed by atoms with Crippen molar-refractivity contribution >= 4 is 16.9 Å². The number of carboxylic acid groups (broad SMARTS) is 1. The lowest BCUT2D eigenvalue weighted by Crippen LogP contribution is -2.13. The van der Waals surface area contributed by atoms with E-state index in [4.69, 9.17) is 5.11 Å². The molecule has 0 fully saturated rings. The van der Waals surface area contributed by atoms with Crippen LogP contribution in [0.1, 0.15) is 0 Å². The summed E-state index contributed by atoms with van der Waals surface area (Å²) >= 11 is 0. The maximum Gasteiger partial charge on any atom is 0.323 e. The number of aliphatic carboxylic acids is 1. The maximum atomic E-state index is 11.4. The third kappa shape index (κ3) is 1.74. The van der Waals surface area contributed by atoms with Gasteiger partial charge in [0, 0.05) is 11.6 Å². The highest BCUT2D eigenvalue weighted by Gasteiger charge is 2.04. The topological polar surface area (TPSA) is 59.3 Å². The number of carbonyl (C=O) groups is 1. The standard InChI is InChI=1S/C11H8NO3/c13-10-5-6-12(7-11(14)15)9-4-2-1-3-8(9)10/h1-4,6H,7H2,(H,14,15). The second-order valence-electron chi connectivity index (χ2n) is 3.14. The lowest BCUT2D eigenvalue weighted by atomic mass is 10.2. The van der Waals surface area contributed by atoms with Crippen LogP contribution in [0.25, 0.3) is 10.9 Å². The van der Waals surface area contributed by atoms with Gasteiger partial charge >= 0.3 is 5.97 Å². The molecular formula is C11H8NO3. The van der Waals surface area contributed by atoms with Crippen molar-refractivity contribution in [2.45, 2.75) is 6.54 Å². The van der Waals surface area contributed by atoms with Gasteiger partial charge in [-0.3, -0.25) is 9.59 Å². The zero-order chi connectivity index (χ0) is 10.8. The van der Waals surface area contributed by atoms with Crippen molar-refractivity contribution in [1.82, 2.24) is 4.57 Å². The summed E-state index contributed by atoms with van der Waals surface area (Å²) in [5, 5.41) is 9.17. The highest BCUT2D eigenvalue weighted by Crippen LogP contribution is 2.08. The Labute approximate surface area is 85.4 Å². The van der Waals surface area contributed by atoms with Crippen LogP contribution in [0.4, 0.5) is 0 Å². The van der Waals surface area contributed by atoms with Gasteiger partial charge in [0.15, 0.2) is 5.43 Å². The van der Waals surface area contributed by atoms with Gasteiger partial charge in [0.1, 0.15) is 6.54 Å². The normalized spacial score (nSPS) is 10.4. The number of benzene rings is 1. The van der Waals surface area contributed by atoms with Crippen LogP contribution in [0.2, 0.25) is 0 Å². The molecule has 0 aliphatic carbocycles. The molecule has 1 N–H and O–H groups in total. The Balaban J connectivity index is 2.71. The summed E-state index contributed by atoms with van der Waals surface area (Å²) in [5.41, 5.74) is 0.399. The van der Waals surface area contributed by atoms with E-state index in [9.17, 15) is 9.59 Å². The van der Waals surface area contributed by atoms with Crippen molar-refractivity contribution < 1.29 is 9.90 Å². The van der Waals surface area contributed by atoms with E-state index < -0.39 is 5.97 Å². The molecule has 1 radical (unpaired) electrons. The van der Waals surface area contributed by atoms with E-state index in [2.05, 4.69) is 6.07 Å². The number of rotatable bonds is 2. The summed E-state index contributed by atoms with van der Waals surface area (Å²) in [7, 11) is 0. The molecule has 1 aromatic carbocycles. The Hall–Kier alpha value is -2.10. The highest BCUT2D eigenvalue weighted by molar-refractivity contribution is 5.80. The summed E-state index contributed by atoms with van der Waals surface area (Å²) in [4.78, 5) is 22.0. The molecule has 2 aromatic rings. The zero-order valence-corrected chi connectivity index (χ0v) is 7.80. The molecule has 1 heterocycles. The largest absolute Gasteiger partial charge is 0.480 e. The molecule has 0 atom stereocenters. The number of carboxylic acids is 1. The second-order valence-corrected chi connectivity index (χ2v) is 3.14. The SMILES string of the molecule is O=C(O)Cn1c[c]c(=O)c2ccccc21. The van der Waals surface area contributed by atoms with Crippen molar-refractivity contribution in [3.8, 4) is 0 Å². The first-order chi connectivity index (χ1) is 7.18. The Morgan fingerprint density at radius 3 is 2.87 bits per heavy atom. The fourth-order valence-electron chi connectivity index (χ4n) is 1.48. The van der Waals surface area contributed by atoms with Crippen LogP contribution in [-0.4, -0.2) is 15.6 Å². The smallest absolute Gasteiger partial charge is 0.323 e. The molecule has 0 spiro atoms. The lowest BCUT2D eigenvalue weighted by Gasteiger charge is -2.06. The Morgan fingerprint density at radius 1 is 1.40 bits per heavy atom. The van der Waals surface area contributed by atoms with Gasteiger partial charge in [-0.1, -0.05) is 12.1 Å². The van der Waals surface area contributed by atoms with Gasteiger partial charge in [-0.05, 0) is 12.1 Å². The van der Waals surface area contributed by atoms with Crippen LogP contribution in [-0.2, 0) is 11.3 Å². The van der Waals surface area contributed by atoms with E-state index in [-0.39, 0.29) is 12.0 Å². The molecule has 0 aliphatic rings. The summed E-state index contributed by atoms with van der Waals surface area (Å²) in [5.74, 6) is -0.947. The van der Waals surface area contributed by atoms with E-state index in [0.717, 1.165) is 0 Å². The summed E-state index contributed by atoms with van der Waals surface area (Å²) in [6.45, 7) is -0.169. The molecule has 0 bridgehead atoms. The number of fused-ring (bicyclic) bond motifs is 1. The van der Waals surface area contributed by atoms with Crippen molar-refractivity contribution in [2.24, 2.45) is 0 Å². The Bertz CT molecular complexity index is 571. The van der Waals surface area contributed by atoms with Gasteiger partial charge in [0.05, 0.1) is 11.6 Å². The first-order valence-electron chi connectivity index (χ1n) is 4.40.